The van der Waals surface area contributed by atoms with Gasteiger partial charge in [0.15, 0.2) is 5.75 Å². The highest BCUT2D eigenvalue weighted by Crippen LogP contribution is 2.43. The first-order valence-electron chi connectivity index (χ1n) is 9.42. The van der Waals surface area contributed by atoms with Crippen LogP contribution in [0, 0.1) is 10.1 Å². The molecule has 2 aromatic heterocycles. The normalized spacial score (nSPS) is 12.2. The number of nitrogens with one attached hydrogen (secondary N) is 1. The Balaban J connectivity index is 1.85. The third-order valence-electron chi connectivity index (χ3n) is 5.05. The van der Waals surface area contributed by atoms with Crippen molar-refractivity contribution >= 4 is 16.6 Å². The molecule has 3 N–H and O–H groups in total. The number of aromatic amines is 1. The van der Waals surface area contributed by atoms with Crippen LogP contribution < -0.4 is 4.74 Å². The van der Waals surface area contributed by atoms with Crippen molar-refractivity contribution in [2.24, 2.45) is 7.05 Å². The number of fused-ring (bicyclic) bond motifs is 1. The number of hydrogen-bond donors (Lipinski definition) is 3. The zero-order valence-corrected chi connectivity index (χ0v) is 16.3. The minimum atomic E-state index is -1.12. The number of nitrogens with zero attached hydrogens (tertiary/aromatic N) is 2. The smallest absolute Gasteiger partial charge is 0.318 e. The predicted molar refractivity (Wildman–Crippen MR) is 113 cm³/mol. The van der Waals surface area contributed by atoms with Crippen LogP contribution in [0.5, 0.6) is 5.75 Å². The number of aromatic nitrogens is 2. The van der Waals surface area contributed by atoms with Crippen molar-refractivity contribution in [2.45, 2.75) is 6.10 Å². The highest BCUT2D eigenvalue weighted by atomic mass is 16.6. The number of nitro groups is 1. The molecular weight excluding hydrogens is 386 g/mol. The van der Waals surface area contributed by atoms with Gasteiger partial charge in [0.2, 0.25) is 0 Å². The average molecular weight is 407 g/mol. The highest BCUT2D eigenvalue weighted by molar-refractivity contribution is 6.01. The van der Waals surface area contributed by atoms with E-state index in [-0.39, 0.29) is 18.0 Å². The van der Waals surface area contributed by atoms with Gasteiger partial charge in [0.05, 0.1) is 17.1 Å². The van der Waals surface area contributed by atoms with E-state index in [2.05, 4.69) is 4.98 Å². The van der Waals surface area contributed by atoms with Crippen LogP contribution in [0.15, 0.2) is 61.1 Å². The second-order valence-electron chi connectivity index (χ2n) is 7.01. The summed E-state index contributed by atoms with van der Waals surface area (Å²) in [5.74, 6) is 0.0371. The molecule has 4 aromatic rings. The van der Waals surface area contributed by atoms with Crippen molar-refractivity contribution < 1.29 is 19.9 Å². The molecule has 0 unspecified atom stereocenters. The Morgan fingerprint density at radius 1 is 1.10 bits per heavy atom. The van der Waals surface area contributed by atoms with Gasteiger partial charge in [0, 0.05) is 53.2 Å². The molecule has 1 atom stereocenters. The molecule has 0 bridgehead atoms. The first-order chi connectivity index (χ1) is 14.5. The number of aliphatic hydroxyl groups is 2. The first-order valence-corrected chi connectivity index (χ1v) is 9.42. The minimum absolute atomic E-state index is 0.0371. The van der Waals surface area contributed by atoms with E-state index < -0.39 is 17.6 Å². The van der Waals surface area contributed by atoms with Gasteiger partial charge in [-0.15, -0.1) is 0 Å². The Morgan fingerprint density at radius 3 is 2.57 bits per heavy atom. The van der Waals surface area contributed by atoms with Crippen LogP contribution in [0.25, 0.3) is 33.2 Å². The Bertz CT molecular complexity index is 1210. The van der Waals surface area contributed by atoms with Crippen molar-refractivity contribution in [3.8, 4) is 28.0 Å². The number of rotatable bonds is 7. The van der Waals surface area contributed by atoms with Crippen LogP contribution >= 0.6 is 0 Å². The van der Waals surface area contributed by atoms with Gasteiger partial charge < -0.3 is 24.5 Å². The van der Waals surface area contributed by atoms with E-state index in [1.807, 2.05) is 48.3 Å². The lowest BCUT2D eigenvalue weighted by Crippen LogP contribution is -2.21. The molecule has 8 nitrogen and oxygen atoms in total. The van der Waals surface area contributed by atoms with E-state index in [1.54, 1.807) is 18.3 Å². The van der Waals surface area contributed by atoms with Crippen molar-refractivity contribution in [3.63, 3.8) is 0 Å². The number of benzene rings is 2. The summed E-state index contributed by atoms with van der Waals surface area (Å²) in [6, 6.07) is 12.8. The minimum Gasteiger partial charge on any atom is -0.484 e. The molecule has 0 amide bonds. The first kappa shape index (κ1) is 19.7. The summed E-state index contributed by atoms with van der Waals surface area (Å²) in [5, 5.41) is 31.5. The van der Waals surface area contributed by atoms with Gasteiger partial charge in [-0.3, -0.25) is 10.1 Å². The van der Waals surface area contributed by atoms with Crippen molar-refractivity contribution in [1.82, 2.24) is 9.55 Å². The Morgan fingerprint density at radius 2 is 1.83 bits per heavy atom. The molecule has 154 valence electrons. The number of ether oxygens (including phenoxy) is 1. The lowest BCUT2D eigenvalue weighted by molar-refractivity contribution is -0.385. The predicted octanol–water partition coefficient (Wildman–Crippen LogP) is 3.48. The van der Waals surface area contributed by atoms with Crippen LogP contribution in [0.4, 0.5) is 5.69 Å². The molecule has 0 fully saturated rings. The highest BCUT2D eigenvalue weighted by Gasteiger charge is 2.25. The van der Waals surface area contributed by atoms with Gasteiger partial charge in [0.25, 0.3) is 0 Å². The summed E-state index contributed by atoms with van der Waals surface area (Å²) in [5.41, 5.74) is 3.74. The molecule has 8 heteroatoms. The lowest BCUT2D eigenvalue weighted by atomic mass is 9.97. The largest absolute Gasteiger partial charge is 0.484 e. The quantitative estimate of drug-likeness (QED) is 0.321. The van der Waals surface area contributed by atoms with E-state index >= 15 is 0 Å². The fourth-order valence-electron chi connectivity index (χ4n) is 3.65. The molecule has 0 aliphatic rings. The second kappa shape index (κ2) is 8.02. The average Bonchev–Trinajstić information content (AvgIpc) is 3.36. The van der Waals surface area contributed by atoms with Crippen LogP contribution in [0.1, 0.15) is 0 Å². The van der Waals surface area contributed by atoms with Crippen LogP contribution in [-0.2, 0) is 7.05 Å². The van der Waals surface area contributed by atoms with E-state index in [4.69, 9.17) is 9.84 Å². The van der Waals surface area contributed by atoms with Crippen molar-refractivity contribution in [2.75, 3.05) is 13.2 Å². The maximum Gasteiger partial charge on any atom is 0.318 e. The van der Waals surface area contributed by atoms with Crippen LogP contribution in [0.2, 0.25) is 0 Å². The number of aliphatic hydroxyl groups excluding tert-OH is 2. The molecule has 4 rings (SSSR count). The maximum absolute atomic E-state index is 11.9. The molecule has 0 aliphatic carbocycles. The molecule has 0 saturated carbocycles. The van der Waals surface area contributed by atoms with Gasteiger partial charge in [-0.25, -0.2) is 0 Å². The van der Waals surface area contributed by atoms with Gasteiger partial charge >= 0.3 is 5.69 Å². The number of para-hydroxylation sites is 2. The molecular formula is C22H21N3O5. The molecule has 30 heavy (non-hydrogen) atoms. The van der Waals surface area contributed by atoms with Gasteiger partial charge in [-0.2, -0.15) is 0 Å². The topological polar surface area (TPSA) is 114 Å². The van der Waals surface area contributed by atoms with Gasteiger partial charge in [0.1, 0.15) is 12.7 Å². The summed E-state index contributed by atoms with van der Waals surface area (Å²) < 4.78 is 7.46. The van der Waals surface area contributed by atoms with E-state index in [0.29, 0.717) is 11.1 Å². The van der Waals surface area contributed by atoms with Crippen molar-refractivity contribution in [1.29, 1.82) is 0 Å². The van der Waals surface area contributed by atoms with E-state index in [9.17, 15) is 15.2 Å². The summed E-state index contributed by atoms with van der Waals surface area (Å²) >= 11 is 0. The monoisotopic (exact) mass is 407 g/mol. The second-order valence-corrected chi connectivity index (χ2v) is 7.01. The third-order valence-corrected chi connectivity index (χ3v) is 5.05. The Kier molecular flexibility index (Phi) is 5.26. The molecule has 0 aliphatic heterocycles. The zero-order chi connectivity index (χ0) is 21.3. The molecule has 0 spiro atoms. The molecule has 2 heterocycles. The third kappa shape index (κ3) is 3.42. The summed E-state index contributed by atoms with van der Waals surface area (Å²) in [6.45, 7) is -0.735. The van der Waals surface area contributed by atoms with Crippen LogP contribution in [-0.4, -0.2) is 44.0 Å². The fraction of sp³-hybridized carbons (Fsp3) is 0.182. The number of H-pyrrole nitrogens is 1. The SMILES string of the molecule is Cn1cc(-c2c[nH]cc2-c2cccc(OC[C@H](O)CO)c2[N+](=O)[O-])c2ccccc21. The number of nitro benzene ring substituents is 1. The van der Waals surface area contributed by atoms with Crippen LogP contribution in [0.3, 0.4) is 0 Å². The lowest BCUT2D eigenvalue weighted by Gasteiger charge is -2.12. The standard InChI is InChI=1S/C22H21N3O5/c1-24-11-19(15-5-2-3-7-20(15)24)18-10-23-9-17(18)16-6-4-8-21(22(16)25(28)29)30-13-14(27)12-26/h2-11,14,23,26-27H,12-13H2,1H3/t14-/m1/s1. The summed E-state index contributed by atoms with van der Waals surface area (Å²) in [6.07, 6.45) is 4.43. The summed E-state index contributed by atoms with van der Waals surface area (Å²) in [7, 11) is 1.96. The van der Waals surface area contributed by atoms with E-state index in [0.717, 1.165) is 22.0 Å². The fourth-order valence-corrected chi connectivity index (χ4v) is 3.65. The zero-order valence-electron chi connectivity index (χ0n) is 16.3. The van der Waals surface area contributed by atoms with Gasteiger partial charge in [-0.1, -0.05) is 24.3 Å². The molecule has 0 saturated heterocycles. The summed E-state index contributed by atoms with van der Waals surface area (Å²) in [4.78, 5) is 14.5. The molecule has 0 radical (unpaired) electrons. The van der Waals surface area contributed by atoms with E-state index in [1.165, 1.54) is 6.07 Å². The number of hydrogen-bond acceptors (Lipinski definition) is 5. The van der Waals surface area contributed by atoms with Gasteiger partial charge in [-0.05, 0) is 18.2 Å². The Labute approximate surface area is 172 Å². The molecule has 2 aromatic carbocycles. The van der Waals surface area contributed by atoms with Crippen molar-refractivity contribution in [3.05, 3.63) is 71.2 Å². The number of aryl methyl sites for hydroxylation is 1. The maximum atomic E-state index is 11.9. The Hall–Kier alpha value is -3.62.